The lowest BCUT2D eigenvalue weighted by Gasteiger charge is -2.09. The number of carbonyl (C=O) groups is 1. The molecule has 0 radical (unpaired) electrons. The molecule has 0 aliphatic rings. The lowest BCUT2D eigenvalue weighted by Crippen LogP contribution is -2.14. The molecule has 0 spiro atoms. The highest BCUT2D eigenvalue weighted by molar-refractivity contribution is 7.13. The minimum atomic E-state index is -0.185. The summed E-state index contributed by atoms with van der Waals surface area (Å²) in [5.41, 5.74) is 4.46. The first kappa shape index (κ1) is 17.4. The molecule has 0 bridgehead atoms. The van der Waals surface area contributed by atoms with Crippen LogP contribution in [0.25, 0.3) is 21.6 Å². The molecule has 4 aromatic rings. The Kier molecular flexibility index (Phi) is 4.27. The second-order valence-electron chi connectivity index (χ2n) is 6.35. The lowest BCUT2D eigenvalue weighted by atomic mass is 10.1. The summed E-state index contributed by atoms with van der Waals surface area (Å²) >= 11 is 1.59. The number of aromatic nitrogens is 5. The van der Waals surface area contributed by atoms with E-state index in [1.165, 1.54) is 0 Å². The molecule has 1 N–H and O–H groups in total. The predicted octanol–water partition coefficient (Wildman–Crippen LogP) is 3.78. The molecule has 4 heterocycles. The van der Waals surface area contributed by atoms with Gasteiger partial charge in [0, 0.05) is 13.6 Å². The molecule has 0 aromatic carbocycles. The molecular weight excluding hydrogens is 360 g/mol. The summed E-state index contributed by atoms with van der Waals surface area (Å²) in [5, 5.41) is 14.5. The average Bonchev–Trinajstić information content (AvgIpc) is 3.36. The number of carbonyl (C=O) groups excluding carboxylic acids is 1. The van der Waals surface area contributed by atoms with Crippen LogP contribution in [0, 0.1) is 13.8 Å². The van der Waals surface area contributed by atoms with Gasteiger partial charge in [-0.1, -0.05) is 6.07 Å². The minimum Gasteiger partial charge on any atom is -0.319 e. The fourth-order valence-corrected chi connectivity index (χ4v) is 3.94. The van der Waals surface area contributed by atoms with Crippen molar-refractivity contribution < 1.29 is 4.79 Å². The SMILES string of the molecule is CCn1ncc(NC(=O)c2cc(-c3cccs3)nc3c2c(C)nn3C)c1C. The number of fused-ring (bicyclic) bond motifs is 1. The van der Waals surface area contributed by atoms with Crippen molar-refractivity contribution in [1.29, 1.82) is 0 Å². The number of amides is 1. The van der Waals surface area contributed by atoms with Crippen LogP contribution in [0.1, 0.15) is 28.7 Å². The number of nitrogens with one attached hydrogen (secondary N) is 1. The van der Waals surface area contributed by atoms with E-state index in [2.05, 4.69) is 15.5 Å². The van der Waals surface area contributed by atoms with Crippen LogP contribution >= 0.6 is 11.3 Å². The van der Waals surface area contributed by atoms with Gasteiger partial charge in [-0.05, 0) is 38.3 Å². The van der Waals surface area contributed by atoms with E-state index in [1.807, 2.05) is 56.1 Å². The Morgan fingerprint density at radius 3 is 2.81 bits per heavy atom. The molecule has 27 heavy (non-hydrogen) atoms. The third-order valence-corrected chi connectivity index (χ3v) is 5.53. The second-order valence-corrected chi connectivity index (χ2v) is 7.30. The standard InChI is InChI=1S/C19H20N6OS/c1-5-25-12(3)15(10-20-25)22-19(26)13-9-14(16-7-6-8-27-16)21-18-17(13)11(2)23-24(18)4/h6-10H,5H2,1-4H3,(H,22,26). The summed E-state index contributed by atoms with van der Waals surface area (Å²) in [5.74, 6) is -0.185. The van der Waals surface area contributed by atoms with Crippen molar-refractivity contribution in [2.75, 3.05) is 5.32 Å². The average molecular weight is 380 g/mol. The van der Waals surface area contributed by atoms with E-state index in [4.69, 9.17) is 4.98 Å². The lowest BCUT2D eigenvalue weighted by molar-refractivity contribution is 0.102. The van der Waals surface area contributed by atoms with E-state index in [0.717, 1.165) is 33.9 Å². The van der Waals surface area contributed by atoms with E-state index in [0.29, 0.717) is 16.9 Å². The normalized spacial score (nSPS) is 11.3. The molecule has 138 valence electrons. The first-order valence-electron chi connectivity index (χ1n) is 8.71. The molecule has 0 saturated carbocycles. The Morgan fingerprint density at radius 1 is 1.33 bits per heavy atom. The smallest absolute Gasteiger partial charge is 0.256 e. The molecule has 7 nitrogen and oxygen atoms in total. The molecule has 0 aliphatic heterocycles. The zero-order chi connectivity index (χ0) is 19.1. The highest BCUT2D eigenvalue weighted by Gasteiger charge is 2.20. The summed E-state index contributed by atoms with van der Waals surface area (Å²) in [7, 11) is 1.84. The zero-order valence-corrected chi connectivity index (χ0v) is 16.5. The van der Waals surface area contributed by atoms with Crippen molar-refractivity contribution >= 4 is 34.0 Å². The Bertz CT molecular complexity index is 1140. The summed E-state index contributed by atoms with van der Waals surface area (Å²) < 4.78 is 3.57. The van der Waals surface area contributed by atoms with Gasteiger partial charge in [-0.15, -0.1) is 11.3 Å². The summed E-state index contributed by atoms with van der Waals surface area (Å²) in [6.07, 6.45) is 1.69. The third kappa shape index (κ3) is 2.91. The highest BCUT2D eigenvalue weighted by Crippen LogP contribution is 2.30. The van der Waals surface area contributed by atoms with E-state index in [-0.39, 0.29) is 5.91 Å². The van der Waals surface area contributed by atoms with Crippen LogP contribution in [-0.4, -0.2) is 30.5 Å². The van der Waals surface area contributed by atoms with Crippen LogP contribution in [0.5, 0.6) is 0 Å². The van der Waals surface area contributed by atoms with Gasteiger partial charge in [-0.2, -0.15) is 10.2 Å². The maximum absolute atomic E-state index is 13.2. The summed E-state index contributed by atoms with van der Waals surface area (Å²) in [6.45, 7) is 6.61. The van der Waals surface area contributed by atoms with E-state index < -0.39 is 0 Å². The number of hydrogen-bond acceptors (Lipinski definition) is 5. The molecular formula is C19H20N6OS. The quantitative estimate of drug-likeness (QED) is 0.584. The number of anilines is 1. The number of aryl methyl sites for hydroxylation is 3. The molecule has 4 rings (SSSR count). The third-order valence-electron chi connectivity index (χ3n) is 4.64. The van der Waals surface area contributed by atoms with Gasteiger partial charge in [0.1, 0.15) is 0 Å². The van der Waals surface area contributed by atoms with Crippen LogP contribution in [0.15, 0.2) is 29.8 Å². The van der Waals surface area contributed by atoms with E-state index in [1.54, 1.807) is 22.2 Å². The van der Waals surface area contributed by atoms with Crippen LogP contribution in [0.3, 0.4) is 0 Å². The molecule has 8 heteroatoms. The number of pyridine rings is 1. The van der Waals surface area contributed by atoms with Gasteiger partial charge in [0.2, 0.25) is 0 Å². The monoisotopic (exact) mass is 380 g/mol. The molecule has 0 saturated heterocycles. The number of rotatable bonds is 4. The molecule has 0 aliphatic carbocycles. The maximum Gasteiger partial charge on any atom is 0.256 e. The minimum absolute atomic E-state index is 0.185. The number of hydrogen-bond donors (Lipinski definition) is 1. The van der Waals surface area contributed by atoms with Crippen LogP contribution in [0.4, 0.5) is 5.69 Å². The first-order chi connectivity index (χ1) is 13.0. The van der Waals surface area contributed by atoms with E-state index >= 15 is 0 Å². The van der Waals surface area contributed by atoms with Crippen molar-refractivity contribution in [3.8, 4) is 10.6 Å². The van der Waals surface area contributed by atoms with Gasteiger partial charge >= 0.3 is 0 Å². The van der Waals surface area contributed by atoms with Crippen molar-refractivity contribution in [1.82, 2.24) is 24.5 Å². The topological polar surface area (TPSA) is 77.6 Å². The Balaban J connectivity index is 1.84. The highest BCUT2D eigenvalue weighted by atomic mass is 32.1. The van der Waals surface area contributed by atoms with Gasteiger partial charge in [0.05, 0.1) is 44.8 Å². The Labute approximate surface area is 160 Å². The molecule has 1 amide bonds. The molecule has 0 unspecified atom stereocenters. The molecule has 0 fully saturated rings. The van der Waals surface area contributed by atoms with Crippen molar-refractivity contribution in [2.24, 2.45) is 7.05 Å². The van der Waals surface area contributed by atoms with E-state index in [9.17, 15) is 4.79 Å². The van der Waals surface area contributed by atoms with Gasteiger partial charge in [-0.25, -0.2) is 4.98 Å². The number of nitrogens with zero attached hydrogens (tertiary/aromatic N) is 5. The molecule has 0 atom stereocenters. The Hall–Kier alpha value is -3.00. The van der Waals surface area contributed by atoms with Crippen LogP contribution in [0.2, 0.25) is 0 Å². The second kappa shape index (κ2) is 6.62. The van der Waals surface area contributed by atoms with Crippen molar-refractivity contribution in [3.63, 3.8) is 0 Å². The maximum atomic E-state index is 13.2. The fraction of sp³-hybridized carbons (Fsp3) is 0.263. The first-order valence-corrected chi connectivity index (χ1v) is 9.59. The summed E-state index contributed by atoms with van der Waals surface area (Å²) in [6, 6.07) is 5.82. The van der Waals surface area contributed by atoms with Crippen LogP contribution in [-0.2, 0) is 13.6 Å². The van der Waals surface area contributed by atoms with Gasteiger partial charge < -0.3 is 5.32 Å². The van der Waals surface area contributed by atoms with Gasteiger partial charge in [0.25, 0.3) is 5.91 Å². The van der Waals surface area contributed by atoms with Crippen molar-refractivity contribution in [2.45, 2.75) is 27.3 Å². The predicted molar refractivity (Wildman–Crippen MR) is 107 cm³/mol. The zero-order valence-electron chi connectivity index (χ0n) is 15.6. The van der Waals surface area contributed by atoms with Gasteiger partial charge in [0.15, 0.2) is 5.65 Å². The van der Waals surface area contributed by atoms with Crippen molar-refractivity contribution in [3.05, 3.63) is 46.7 Å². The largest absolute Gasteiger partial charge is 0.319 e. The van der Waals surface area contributed by atoms with Gasteiger partial charge in [-0.3, -0.25) is 14.2 Å². The molecule has 4 aromatic heterocycles. The Morgan fingerprint density at radius 2 is 2.15 bits per heavy atom. The fourth-order valence-electron chi connectivity index (χ4n) is 3.25. The summed E-state index contributed by atoms with van der Waals surface area (Å²) in [4.78, 5) is 18.9. The number of thiophene rings is 1. The van der Waals surface area contributed by atoms with Crippen LogP contribution < -0.4 is 5.32 Å².